The van der Waals surface area contributed by atoms with Crippen LogP contribution in [-0.2, 0) is 38.5 Å². The number of benzene rings is 3. The van der Waals surface area contributed by atoms with E-state index in [1.807, 2.05) is 36.9 Å². The summed E-state index contributed by atoms with van der Waals surface area (Å²) < 4.78 is 72.9. The van der Waals surface area contributed by atoms with Gasteiger partial charge >= 0.3 is 12.2 Å². The van der Waals surface area contributed by atoms with E-state index in [-0.39, 0.29) is 23.7 Å². The van der Waals surface area contributed by atoms with Crippen LogP contribution in [0.3, 0.4) is 0 Å². The molecule has 0 bridgehead atoms. The lowest BCUT2D eigenvalue weighted by atomic mass is 9.98. The molecule has 0 atom stereocenters. The molecule has 5 rings (SSSR count). The van der Waals surface area contributed by atoms with Gasteiger partial charge in [0.1, 0.15) is 11.6 Å². The van der Waals surface area contributed by atoms with Crippen molar-refractivity contribution in [3.8, 4) is 16.9 Å². The van der Waals surface area contributed by atoms with Gasteiger partial charge in [0.25, 0.3) is 0 Å². The van der Waals surface area contributed by atoms with Crippen LogP contribution < -0.4 is 11.1 Å². The molecule has 0 aliphatic carbocycles. The fraction of sp³-hybridized carbons (Fsp3) is 0.290. The van der Waals surface area contributed by atoms with Crippen molar-refractivity contribution in [1.82, 2.24) is 14.7 Å². The molecule has 2 amide bonds. The monoisotopic (exact) mass is 617 g/mol. The molecule has 226 valence electrons. The predicted octanol–water partition coefficient (Wildman–Crippen LogP) is 7.66. The summed E-state index contributed by atoms with van der Waals surface area (Å²) in [6, 6.07) is 9.88. The summed E-state index contributed by atoms with van der Waals surface area (Å²) in [4.78, 5) is 13.2. The SMILES string of the molecule is CCc1cccc(CC)c1-n1nc2c(c1-c1cc(F)c(NC(N)=O)cc1F)CN(Cc1cc(C(F)(F)F)ccc1Cl)CC2. The number of aryl methyl sites for hydroxylation is 2. The van der Waals surface area contributed by atoms with E-state index in [9.17, 15) is 18.0 Å². The Morgan fingerprint density at radius 2 is 1.72 bits per heavy atom. The average molecular weight is 618 g/mol. The van der Waals surface area contributed by atoms with Crippen LogP contribution >= 0.6 is 11.6 Å². The molecule has 0 radical (unpaired) electrons. The number of fused-ring (bicyclic) bond motifs is 1. The fourth-order valence-corrected chi connectivity index (χ4v) is 5.74. The first-order valence-electron chi connectivity index (χ1n) is 13.8. The zero-order valence-electron chi connectivity index (χ0n) is 23.5. The standard InChI is InChI=1S/C31H29ClF5N5O/c1-3-17-6-5-7-18(4-2)28(17)42-29(21-13-25(34)27(14-24(21)33)39-30(38)43)22-16-41(11-10-26(22)40-42)15-19-12-20(31(35,36)37)8-9-23(19)32/h5-9,12-14H,3-4,10-11,15-16H2,1-2H3,(H3,38,39,43). The number of carbonyl (C=O) groups excluding carboxylic acids is 1. The molecule has 1 aliphatic rings. The van der Waals surface area contributed by atoms with E-state index < -0.39 is 35.1 Å². The van der Waals surface area contributed by atoms with Gasteiger partial charge in [-0.3, -0.25) is 4.90 Å². The molecular weight excluding hydrogens is 589 g/mol. The first-order valence-corrected chi connectivity index (χ1v) is 14.1. The second kappa shape index (κ2) is 12.0. The predicted molar refractivity (Wildman–Crippen MR) is 155 cm³/mol. The number of hydrogen-bond acceptors (Lipinski definition) is 3. The van der Waals surface area contributed by atoms with E-state index in [0.717, 1.165) is 41.1 Å². The highest BCUT2D eigenvalue weighted by Crippen LogP contribution is 2.39. The molecule has 6 nitrogen and oxygen atoms in total. The zero-order valence-corrected chi connectivity index (χ0v) is 24.2. The van der Waals surface area contributed by atoms with Crippen LogP contribution in [0.4, 0.5) is 32.4 Å². The van der Waals surface area contributed by atoms with Gasteiger partial charge in [-0.05, 0) is 53.8 Å². The fourth-order valence-electron chi connectivity index (χ4n) is 5.56. The number of para-hydroxylation sites is 1. The van der Waals surface area contributed by atoms with Crippen molar-refractivity contribution in [3.05, 3.63) is 98.7 Å². The van der Waals surface area contributed by atoms with E-state index in [2.05, 4.69) is 5.32 Å². The number of urea groups is 1. The number of aromatic nitrogens is 2. The van der Waals surface area contributed by atoms with Crippen LogP contribution in [-0.4, -0.2) is 27.3 Å². The van der Waals surface area contributed by atoms with E-state index in [0.29, 0.717) is 48.3 Å². The highest BCUT2D eigenvalue weighted by atomic mass is 35.5. The number of primary amides is 1. The first-order chi connectivity index (χ1) is 20.4. The molecule has 1 aliphatic heterocycles. The smallest absolute Gasteiger partial charge is 0.351 e. The molecule has 0 fully saturated rings. The van der Waals surface area contributed by atoms with Gasteiger partial charge in [-0.1, -0.05) is 43.6 Å². The summed E-state index contributed by atoms with van der Waals surface area (Å²) in [5, 5.41) is 7.18. The summed E-state index contributed by atoms with van der Waals surface area (Å²) in [5.74, 6) is -1.70. The Hall–Kier alpha value is -3.96. The van der Waals surface area contributed by atoms with Crippen molar-refractivity contribution in [2.45, 2.75) is 52.4 Å². The molecule has 0 saturated heterocycles. The van der Waals surface area contributed by atoms with Crippen LogP contribution in [0.2, 0.25) is 5.02 Å². The van der Waals surface area contributed by atoms with E-state index in [1.54, 1.807) is 4.68 Å². The lowest BCUT2D eigenvalue weighted by Gasteiger charge is -2.27. The number of nitrogens with zero attached hydrogens (tertiary/aromatic N) is 3. The maximum Gasteiger partial charge on any atom is 0.416 e. The number of alkyl halides is 3. The van der Waals surface area contributed by atoms with E-state index in [4.69, 9.17) is 22.4 Å². The first kappa shape index (κ1) is 30.5. The lowest BCUT2D eigenvalue weighted by Crippen LogP contribution is -2.30. The van der Waals surface area contributed by atoms with Gasteiger partial charge in [-0.25, -0.2) is 18.3 Å². The van der Waals surface area contributed by atoms with Crippen molar-refractivity contribution in [1.29, 1.82) is 0 Å². The quantitative estimate of drug-likeness (QED) is 0.209. The lowest BCUT2D eigenvalue weighted by molar-refractivity contribution is -0.137. The maximum atomic E-state index is 15.8. The summed E-state index contributed by atoms with van der Waals surface area (Å²) in [6.07, 6.45) is -2.78. The van der Waals surface area contributed by atoms with E-state index in [1.165, 1.54) is 6.07 Å². The number of amides is 2. The Morgan fingerprint density at radius 3 is 2.35 bits per heavy atom. The minimum atomic E-state index is -4.52. The number of nitrogens with one attached hydrogen (secondary N) is 1. The minimum absolute atomic E-state index is 0.0758. The van der Waals surface area contributed by atoms with Crippen LogP contribution in [0, 0.1) is 11.6 Å². The largest absolute Gasteiger partial charge is 0.416 e. The van der Waals surface area contributed by atoms with Crippen molar-refractivity contribution >= 4 is 23.3 Å². The van der Waals surface area contributed by atoms with E-state index >= 15 is 8.78 Å². The Morgan fingerprint density at radius 1 is 1.02 bits per heavy atom. The molecule has 1 aromatic heterocycles. The normalized spacial score (nSPS) is 13.7. The van der Waals surface area contributed by atoms with Crippen LogP contribution in [0.15, 0.2) is 48.5 Å². The molecule has 3 aromatic carbocycles. The molecule has 4 aromatic rings. The number of nitrogens with two attached hydrogens (primary N) is 1. The Kier molecular flexibility index (Phi) is 8.49. The topological polar surface area (TPSA) is 76.2 Å². The van der Waals surface area contributed by atoms with Gasteiger partial charge in [0.2, 0.25) is 0 Å². The molecule has 0 spiro atoms. The van der Waals surface area contributed by atoms with Crippen molar-refractivity contribution in [3.63, 3.8) is 0 Å². The van der Waals surface area contributed by atoms with Crippen LogP contribution in [0.1, 0.15) is 47.4 Å². The average Bonchev–Trinajstić information content (AvgIpc) is 3.32. The van der Waals surface area contributed by atoms with Crippen LogP contribution in [0.25, 0.3) is 16.9 Å². The summed E-state index contributed by atoms with van der Waals surface area (Å²) in [7, 11) is 0. The molecule has 12 heteroatoms. The van der Waals surface area contributed by atoms with Crippen molar-refractivity contribution in [2.24, 2.45) is 5.73 Å². The molecule has 0 saturated carbocycles. The molecule has 0 unspecified atom stereocenters. The molecule has 2 heterocycles. The van der Waals surface area contributed by atoms with Gasteiger partial charge in [0.05, 0.1) is 28.3 Å². The van der Waals surface area contributed by atoms with Gasteiger partial charge in [0, 0.05) is 48.3 Å². The highest BCUT2D eigenvalue weighted by molar-refractivity contribution is 6.31. The van der Waals surface area contributed by atoms with Gasteiger partial charge < -0.3 is 11.1 Å². The third-order valence-corrected chi connectivity index (χ3v) is 8.00. The number of carbonyl (C=O) groups is 1. The number of hydrogen-bond donors (Lipinski definition) is 2. The maximum absolute atomic E-state index is 15.8. The third-order valence-electron chi connectivity index (χ3n) is 7.63. The second-order valence-corrected chi connectivity index (χ2v) is 10.8. The summed E-state index contributed by atoms with van der Waals surface area (Å²) >= 11 is 6.29. The Bertz CT molecular complexity index is 1680. The summed E-state index contributed by atoms with van der Waals surface area (Å²) in [5.41, 5.74) is 8.45. The molecular formula is C31H29ClF5N5O. The molecule has 3 N–H and O–H groups in total. The zero-order chi connectivity index (χ0) is 31.1. The number of rotatable bonds is 7. The van der Waals surface area contributed by atoms with Crippen molar-refractivity contribution < 1.29 is 26.7 Å². The van der Waals surface area contributed by atoms with Crippen molar-refractivity contribution in [2.75, 3.05) is 11.9 Å². The minimum Gasteiger partial charge on any atom is -0.351 e. The van der Waals surface area contributed by atoms with Gasteiger partial charge in [-0.15, -0.1) is 0 Å². The number of halogens is 6. The highest BCUT2D eigenvalue weighted by Gasteiger charge is 2.33. The second-order valence-electron chi connectivity index (χ2n) is 10.4. The Labute approximate surface area is 250 Å². The third kappa shape index (κ3) is 6.09. The van der Waals surface area contributed by atoms with Crippen LogP contribution in [0.5, 0.6) is 0 Å². The number of anilines is 1. The van der Waals surface area contributed by atoms with Gasteiger partial charge in [-0.2, -0.15) is 18.3 Å². The summed E-state index contributed by atoms with van der Waals surface area (Å²) in [6.45, 7) is 4.76. The van der Waals surface area contributed by atoms with Gasteiger partial charge in [0.15, 0.2) is 0 Å². The molecule has 43 heavy (non-hydrogen) atoms. The Balaban J connectivity index is 1.66.